The summed E-state index contributed by atoms with van der Waals surface area (Å²) in [7, 11) is 1.77. The average Bonchev–Trinajstić information content (AvgIpc) is 2.48. The van der Waals surface area contributed by atoms with Crippen LogP contribution in [0.25, 0.3) is 0 Å². The molecule has 0 radical (unpaired) electrons. The molecule has 0 heterocycles. The fraction of sp³-hybridized carbons (Fsp3) is 0.0769. The van der Waals surface area contributed by atoms with Crippen molar-refractivity contribution in [2.45, 2.75) is 4.90 Å². The van der Waals surface area contributed by atoms with Crippen LogP contribution in [-0.4, -0.2) is 16.9 Å². The van der Waals surface area contributed by atoms with Crippen LogP contribution in [0.2, 0.25) is 0 Å². The van der Waals surface area contributed by atoms with Crippen LogP contribution in [0.15, 0.2) is 53.4 Å². The lowest BCUT2D eigenvalue weighted by molar-refractivity contribution is -0.396. The van der Waals surface area contributed by atoms with Crippen molar-refractivity contribution in [3.8, 4) is 0 Å². The van der Waals surface area contributed by atoms with Crippen molar-refractivity contribution < 1.29 is 9.85 Å². The van der Waals surface area contributed by atoms with Gasteiger partial charge in [-0.1, -0.05) is 18.2 Å². The molecule has 108 valence electrons. The number of nitro benzene ring substituents is 2. The summed E-state index contributed by atoms with van der Waals surface area (Å²) < 4.78 is 1.76. The number of rotatable bonds is 5. The van der Waals surface area contributed by atoms with Gasteiger partial charge in [0.05, 0.1) is 15.9 Å². The number of nitrogens with zero attached hydrogens (tertiary/aromatic N) is 3. The summed E-state index contributed by atoms with van der Waals surface area (Å²) in [5.41, 5.74) is 0.292. The molecule has 0 aliphatic rings. The van der Waals surface area contributed by atoms with Crippen LogP contribution in [0.3, 0.4) is 0 Å². The molecule has 0 atom stereocenters. The SMILES string of the molecule is CN(Sc1ccc([N+](=O)[O-])cc1[N+](=O)[O-])c1ccccc1. The molecular weight excluding hydrogens is 294 g/mol. The first-order valence-electron chi connectivity index (χ1n) is 5.88. The highest BCUT2D eigenvalue weighted by Gasteiger charge is 2.21. The van der Waals surface area contributed by atoms with Crippen LogP contribution in [0.1, 0.15) is 0 Å². The van der Waals surface area contributed by atoms with E-state index in [1.807, 2.05) is 30.3 Å². The van der Waals surface area contributed by atoms with Crippen molar-refractivity contribution in [2.75, 3.05) is 11.4 Å². The third kappa shape index (κ3) is 3.48. The molecule has 0 aromatic heterocycles. The number of para-hydroxylation sites is 1. The van der Waals surface area contributed by atoms with E-state index in [9.17, 15) is 20.2 Å². The maximum Gasteiger partial charge on any atom is 0.291 e. The Hall–Kier alpha value is -2.61. The molecule has 0 spiro atoms. The van der Waals surface area contributed by atoms with Gasteiger partial charge in [0.15, 0.2) is 0 Å². The van der Waals surface area contributed by atoms with Crippen molar-refractivity contribution in [1.29, 1.82) is 0 Å². The van der Waals surface area contributed by atoms with Gasteiger partial charge >= 0.3 is 0 Å². The molecule has 0 aliphatic carbocycles. The highest BCUT2D eigenvalue weighted by atomic mass is 32.2. The number of benzene rings is 2. The zero-order valence-electron chi connectivity index (χ0n) is 11.0. The molecule has 0 saturated heterocycles. The van der Waals surface area contributed by atoms with Crippen molar-refractivity contribution in [1.82, 2.24) is 0 Å². The van der Waals surface area contributed by atoms with E-state index in [1.54, 1.807) is 11.4 Å². The number of hydrogen-bond acceptors (Lipinski definition) is 6. The Morgan fingerprint density at radius 2 is 1.67 bits per heavy atom. The molecule has 0 saturated carbocycles. The second kappa shape index (κ2) is 6.23. The summed E-state index contributed by atoms with van der Waals surface area (Å²) in [5, 5.41) is 21.8. The van der Waals surface area contributed by atoms with E-state index in [-0.39, 0.29) is 11.4 Å². The Labute approximate surface area is 124 Å². The third-order valence-electron chi connectivity index (χ3n) is 2.71. The molecule has 21 heavy (non-hydrogen) atoms. The van der Waals surface area contributed by atoms with Gasteiger partial charge in [-0.15, -0.1) is 0 Å². The topological polar surface area (TPSA) is 89.5 Å². The van der Waals surface area contributed by atoms with Gasteiger partial charge in [0, 0.05) is 18.8 Å². The molecule has 0 unspecified atom stereocenters. The predicted molar refractivity (Wildman–Crippen MR) is 80.5 cm³/mol. The molecule has 0 fully saturated rings. The number of non-ortho nitro benzene ring substituents is 1. The second-order valence-electron chi connectivity index (χ2n) is 4.09. The van der Waals surface area contributed by atoms with Gasteiger partial charge in [-0.05, 0) is 30.1 Å². The van der Waals surface area contributed by atoms with Gasteiger partial charge < -0.3 is 4.31 Å². The van der Waals surface area contributed by atoms with Crippen molar-refractivity contribution in [2.24, 2.45) is 0 Å². The van der Waals surface area contributed by atoms with Gasteiger partial charge in [-0.25, -0.2) is 0 Å². The zero-order chi connectivity index (χ0) is 15.4. The molecule has 2 aromatic carbocycles. The molecule has 0 aliphatic heterocycles. The maximum atomic E-state index is 11.1. The summed E-state index contributed by atoms with van der Waals surface area (Å²) in [4.78, 5) is 20.8. The molecule has 8 heteroatoms. The van der Waals surface area contributed by atoms with E-state index in [4.69, 9.17) is 0 Å². The fourth-order valence-corrected chi connectivity index (χ4v) is 2.56. The largest absolute Gasteiger partial charge is 0.315 e. The minimum absolute atomic E-state index is 0.281. The van der Waals surface area contributed by atoms with Crippen LogP contribution >= 0.6 is 11.9 Å². The van der Waals surface area contributed by atoms with E-state index < -0.39 is 9.85 Å². The lowest BCUT2D eigenvalue weighted by Gasteiger charge is -2.17. The van der Waals surface area contributed by atoms with Crippen LogP contribution in [0.4, 0.5) is 17.1 Å². The summed E-state index contributed by atoms with van der Waals surface area (Å²) >= 11 is 1.14. The first-order valence-corrected chi connectivity index (χ1v) is 6.66. The number of anilines is 1. The number of hydrogen-bond donors (Lipinski definition) is 0. The maximum absolute atomic E-state index is 11.1. The smallest absolute Gasteiger partial charge is 0.291 e. The first-order chi connectivity index (χ1) is 9.99. The Balaban J connectivity index is 2.31. The normalized spacial score (nSPS) is 10.1. The van der Waals surface area contributed by atoms with Crippen LogP contribution < -0.4 is 4.31 Å². The predicted octanol–water partition coefficient (Wildman–Crippen LogP) is 3.65. The summed E-state index contributed by atoms with van der Waals surface area (Å²) in [5.74, 6) is 0. The second-order valence-corrected chi connectivity index (χ2v) is 5.26. The molecule has 2 aromatic rings. The van der Waals surface area contributed by atoms with Crippen molar-refractivity contribution >= 4 is 29.0 Å². The van der Waals surface area contributed by atoms with Crippen LogP contribution in [0, 0.1) is 20.2 Å². The fourth-order valence-electron chi connectivity index (χ4n) is 1.68. The summed E-state index contributed by atoms with van der Waals surface area (Å²) in [6.45, 7) is 0. The number of nitro groups is 2. The van der Waals surface area contributed by atoms with Crippen LogP contribution in [0.5, 0.6) is 0 Å². The highest BCUT2D eigenvalue weighted by molar-refractivity contribution is 8.00. The van der Waals surface area contributed by atoms with Gasteiger partial charge in [0.2, 0.25) is 0 Å². The van der Waals surface area contributed by atoms with E-state index in [0.717, 1.165) is 23.7 Å². The molecule has 7 nitrogen and oxygen atoms in total. The van der Waals surface area contributed by atoms with Crippen LogP contribution in [-0.2, 0) is 0 Å². The monoisotopic (exact) mass is 305 g/mol. The zero-order valence-corrected chi connectivity index (χ0v) is 11.8. The third-order valence-corrected chi connectivity index (χ3v) is 3.73. The van der Waals surface area contributed by atoms with E-state index in [1.165, 1.54) is 12.1 Å². The highest BCUT2D eigenvalue weighted by Crippen LogP contribution is 2.35. The minimum atomic E-state index is -0.650. The van der Waals surface area contributed by atoms with Gasteiger partial charge in [0.25, 0.3) is 11.4 Å². The molecule has 0 bridgehead atoms. The molecule has 0 amide bonds. The standard InChI is InChI=1S/C13H11N3O4S/c1-14(10-5-3-2-4-6-10)21-13-8-7-11(15(17)18)9-12(13)16(19)20/h2-9H,1H3. The Bertz CT molecular complexity index is 678. The van der Waals surface area contributed by atoms with Crippen molar-refractivity contribution in [3.05, 3.63) is 68.8 Å². The Morgan fingerprint density at radius 3 is 2.24 bits per heavy atom. The van der Waals surface area contributed by atoms with E-state index in [2.05, 4.69) is 0 Å². The van der Waals surface area contributed by atoms with Gasteiger partial charge in [0.1, 0.15) is 4.90 Å². The molecule has 0 N–H and O–H groups in total. The quantitative estimate of drug-likeness (QED) is 0.476. The lowest BCUT2D eigenvalue weighted by Crippen LogP contribution is -2.06. The summed E-state index contributed by atoms with van der Waals surface area (Å²) in [6, 6.07) is 12.9. The summed E-state index contributed by atoms with van der Waals surface area (Å²) in [6.07, 6.45) is 0. The Morgan fingerprint density at radius 1 is 1.00 bits per heavy atom. The Kier molecular flexibility index (Phi) is 4.39. The molecular formula is C13H11N3O4S. The minimum Gasteiger partial charge on any atom is -0.315 e. The average molecular weight is 305 g/mol. The van der Waals surface area contributed by atoms with E-state index in [0.29, 0.717) is 4.90 Å². The van der Waals surface area contributed by atoms with E-state index >= 15 is 0 Å². The van der Waals surface area contributed by atoms with Gasteiger partial charge in [-0.3, -0.25) is 20.2 Å². The lowest BCUT2D eigenvalue weighted by atomic mass is 10.3. The van der Waals surface area contributed by atoms with Gasteiger partial charge in [-0.2, -0.15) is 0 Å². The molecule has 2 rings (SSSR count). The first kappa shape index (κ1) is 14.8. The van der Waals surface area contributed by atoms with Crippen molar-refractivity contribution in [3.63, 3.8) is 0 Å².